The Kier molecular flexibility index (Phi) is 4.06. The van der Waals surface area contributed by atoms with Crippen LogP contribution in [0, 0.1) is 0 Å². The first kappa shape index (κ1) is 14.9. The van der Waals surface area contributed by atoms with E-state index < -0.39 is 10.0 Å². The minimum Gasteiger partial charge on any atom is -0.253 e. The number of halogens is 1. The topological polar surface area (TPSA) is 72.0 Å². The molecule has 0 saturated carbocycles. The minimum absolute atomic E-state index is 0.0622. The van der Waals surface area contributed by atoms with Crippen molar-refractivity contribution >= 4 is 32.7 Å². The summed E-state index contributed by atoms with van der Waals surface area (Å²) in [4.78, 5) is 8.74. The predicted molar refractivity (Wildman–Crippen MR) is 85.0 cm³/mol. The molecule has 0 spiro atoms. The van der Waals surface area contributed by atoms with Crippen molar-refractivity contribution in [2.45, 2.75) is 11.4 Å². The van der Waals surface area contributed by atoms with E-state index in [-0.39, 0.29) is 11.4 Å². The lowest BCUT2D eigenvalue weighted by atomic mass is 10.3. The lowest BCUT2D eigenvalue weighted by Crippen LogP contribution is -2.23. The quantitative estimate of drug-likeness (QED) is 0.797. The third kappa shape index (κ3) is 3.24. The van der Waals surface area contributed by atoms with Crippen molar-refractivity contribution in [2.24, 2.45) is 0 Å². The van der Waals surface area contributed by atoms with Gasteiger partial charge in [-0.05, 0) is 30.3 Å². The van der Waals surface area contributed by atoms with Gasteiger partial charge in [0, 0.05) is 5.02 Å². The van der Waals surface area contributed by atoms with Gasteiger partial charge in [0.1, 0.15) is 0 Å². The number of sulfonamides is 1. The van der Waals surface area contributed by atoms with E-state index in [0.29, 0.717) is 10.7 Å². The minimum atomic E-state index is -3.64. The van der Waals surface area contributed by atoms with E-state index in [1.54, 1.807) is 18.3 Å². The van der Waals surface area contributed by atoms with Gasteiger partial charge in [-0.3, -0.25) is 4.98 Å². The molecule has 1 heterocycles. The van der Waals surface area contributed by atoms with E-state index in [9.17, 15) is 8.42 Å². The van der Waals surface area contributed by atoms with Crippen LogP contribution in [-0.2, 0) is 16.6 Å². The van der Waals surface area contributed by atoms with Gasteiger partial charge in [0.25, 0.3) is 0 Å². The molecular formula is C15H12ClN3O2S. The van der Waals surface area contributed by atoms with Crippen molar-refractivity contribution in [1.29, 1.82) is 0 Å². The molecule has 1 aromatic heterocycles. The van der Waals surface area contributed by atoms with Crippen molar-refractivity contribution in [3.8, 4) is 0 Å². The number of fused-ring (bicyclic) bond motifs is 1. The number of nitrogens with one attached hydrogen (secondary N) is 1. The van der Waals surface area contributed by atoms with Crippen LogP contribution in [-0.4, -0.2) is 18.4 Å². The first-order valence-corrected chi connectivity index (χ1v) is 8.37. The van der Waals surface area contributed by atoms with Crippen LogP contribution in [0.15, 0.2) is 59.6 Å². The molecule has 0 aliphatic heterocycles. The molecule has 0 amide bonds. The molecule has 0 aliphatic rings. The summed E-state index contributed by atoms with van der Waals surface area (Å²) >= 11 is 5.82. The molecule has 0 fully saturated rings. The second kappa shape index (κ2) is 6.00. The Morgan fingerprint density at radius 2 is 1.82 bits per heavy atom. The standard InChI is InChI=1S/C15H12ClN3O2S/c16-11-4-3-5-13(8-11)22(20,21)18-10-12-9-17-14-6-1-2-7-15(14)19-12/h1-9,18H,10H2. The van der Waals surface area contributed by atoms with Gasteiger partial charge in [0.15, 0.2) is 0 Å². The Morgan fingerprint density at radius 1 is 1.05 bits per heavy atom. The summed E-state index contributed by atoms with van der Waals surface area (Å²) in [7, 11) is -3.64. The van der Waals surface area contributed by atoms with Crippen LogP contribution in [0.1, 0.15) is 5.69 Å². The van der Waals surface area contributed by atoms with Crippen LogP contribution in [0.5, 0.6) is 0 Å². The van der Waals surface area contributed by atoms with Crippen molar-refractivity contribution in [1.82, 2.24) is 14.7 Å². The highest BCUT2D eigenvalue weighted by Gasteiger charge is 2.14. The maximum absolute atomic E-state index is 12.2. The second-order valence-corrected chi connectivity index (χ2v) is 6.84. The SMILES string of the molecule is O=S(=O)(NCc1cnc2ccccc2n1)c1cccc(Cl)c1. The lowest BCUT2D eigenvalue weighted by Gasteiger charge is -2.07. The van der Waals surface area contributed by atoms with E-state index in [0.717, 1.165) is 11.0 Å². The molecular weight excluding hydrogens is 322 g/mol. The highest BCUT2D eigenvalue weighted by atomic mass is 35.5. The smallest absolute Gasteiger partial charge is 0.240 e. The van der Waals surface area contributed by atoms with Crippen LogP contribution in [0.3, 0.4) is 0 Å². The van der Waals surface area contributed by atoms with Gasteiger partial charge in [-0.15, -0.1) is 0 Å². The summed E-state index contributed by atoms with van der Waals surface area (Å²) in [5.74, 6) is 0. The lowest BCUT2D eigenvalue weighted by molar-refractivity contribution is 0.580. The van der Waals surface area contributed by atoms with Crippen LogP contribution < -0.4 is 4.72 Å². The fraction of sp³-hybridized carbons (Fsp3) is 0.0667. The fourth-order valence-electron chi connectivity index (χ4n) is 1.97. The summed E-state index contributed by atoms with van der Waals surface area (Å²) in [5, 5.41) is 0.369. The molecule has 0 atom stereocenters. The Bertz CT molecular complexity index is 929. The molecule has 1 N–H and O–H groups in total. The summed E-state index contributed by atoms with van der Waals surface area (Å²) in [6, 6.07) is 13.5. The number of rotatable bonds is 4. The molecule has 0 unspecified atom stereocenters. The molecule has 5 nitrogen and oxygen atoms in total. The zero-order valence-corrected chi connectivity index (χ0v) is 13.0. The Hall–Kier alpha value is -2.02. The maximum atomic E-state index is 12.2. The van der Waals surface area contributed by atoms with E-state index in [1.165, 1.54) is 12.1 Å². The molecule has 3 aromatic rings. The summed E-state index contributed by atoms with van der Waals surface area (Å²) in [6.45, 7) is 0.0622. The number of hydrogen-bond acceptors (Lipinski definition) is 4. The number of benzene rings is 2. The Morgan fingerprint density at radius 3 is 2.59 bits per heavy atom. The van der Waals surface area contributed by atoms with Gasteiger partial charge in [0.05, 0.1) is 34.4 Å². The monoisotopic (exact) mass is 333 g/mol. The third-order valence-electron chi connectivity index (χ3n) is 3.05. The average molecular weight is 334 g/mol. The molecule has 0 radical (unpaired) electrons. The van der Waals surface area contributed by atoms with E-state index in [1.807, 2.05) is 24.3 Å². The molecule has 22 heavy (non-hydrogen) atoms. The van der Waals surface area contributed by atoms with Crippen LogP contribution in [0.4, 0.5) is 0 Å². The number of hydrogen-bond donors (Lipinski definition) is 1. The molecule has 0 aliphatic carbocycles. The van der Waals surface area contributed by atoms with Gasteiger partial charge in [0.2, 0.25) is 10.0 Å². The van der Waals surface area contributed by atoms with Crippen molar-refractivity contribution in [3.63, 3.8) is 0 Å². The number of para-hydroxylation sites is 2. The first-order valence-electron chi connectivity index (χ1n) is 6.50. The summed E-state index contributed by atoms with van der Waals surface area (Å²) < 4.78 is 26.9. The largest absolute Gasteiger partial charge is 0.253 e. The van der Waals surface area contributed by atoms with Crippen LogP contribution in [0.25, 0.3) is 11.0 Å². The van der Waals surface area contributed by atoms with E-state index in [4.69, 9.17) is 11.6 Å². The first-order chi connectivity index (χ1) is 10.5. The molecule has 0 bridgehead atoms. The van der Waals surface area contributed by atoms with Gasteiger partial charge in [-0.2, -0.15) is 0 Å². The molecule has 2 aromatic carbocycles. The normalized spacial score (nSPS) is 11.7. The molecule has 7 heteroatoms. The van der Waals surface area contributed by atoms with Crippen molar-refractivity contribution in [3.05, 3.63) is 65.4 Å². The zero-order chi connectivity index (χ0) is 15.6. The van der Waals surface area contributed by atoms with Crippen molar-refractivity contribution in [2.75, 3.05) is 0 Å². The maximum Gasteiger partial charge on any atom is 0.240 e. The summed E-state index contributed by atoms with van der Waals surface area (Å²) in [6.07, 6.45) is 1.56. The Balaban J connectivity index is 1.81. The van der Waals surface area contributed by atoms with Crippen molar-refractivity contribution < 1.29 is 8.42 Å². The highest BCUT2D eigenvalue weighted by Crippen LogP contribution is 2.15. The highest BCUT2D eigenvalue weighted by molar-refractivity contribution is 7.89. The molecule has 0 saturated heterocycles. The molecule has 3 rings (SSSR count). The predicted octanol–water partition coefficient (Wildman–Crippen LogP) is 2.76. The average Bonchev–Trinajstić information content (AvgIpc) is 2.53. The van der Waals surface area contributed by atoms with Gasteiger partial charge < -0.3 is 0 Å². The molecule has 112 valence electrons. The van der Waals surface area contributed by atoms with Crippen LogP contribution in [0.2, 0.25) is 5.02 Å². The van der Waals surface area contributed by atoms with E-state index in [2.05, 4.69) is 14.7 Å². The van der Waals surface area contributed by atoms with Crippen LogP contribution >= 0.6 is 11.6 Å². The van der Waals surface area contributed by atoms with Gasteiger partial charge in [-0.25, -0.2) is 18.1 Å². The van der Waals surface area contributed by atoms with E-state index >= 15 is 0 Å². The fourth-order valence-corrected chi connectivity index (χ4v) is 3.27. The zero-order valence-electron chi connectivity index (χ0n) is 11.4. The van der Waals surface area contributed by atoms with Gasteiger partial charge >= 0.3 is 0 Å². The van der Waals surface area contributed by atoms with Gasteiger partial charge in [-0.1, -0.05) is 29.8 Å². The number of aromatic nitrogens is 2. The summed E-state index contributed by atoms with van der Waals surface area (Å²) in [5.41, 5.74) is 2.04. The third-order valence-corrected chi connectivity index (χ3v) is 4.68. The second-order valence-electron chi connectivity index (χ2n) is 4.63. The Labute approximate surface area is 133 Å². The number of nitrogens with zero attached hydrogens (tertiary/aromatic N) is 2.